The number of benzene rings is 1. The standard InChI is InChI=1S/C15H21N3O3.ClH/c1-21-15-5-3-12(18(19)20)6-11(15)8-17-7-10-2-4-14(16)13(10)9-17;/h3,5-6,10,13-14H,2,4,7-9,16H2,1H3;1H. The molecule has 6 nitrogen and oxygen atoms in total. The van der Waals surface area contributed by atoms with Crippen LogP contribution in [0.4, 0.5) is 5.69 Å². The molecule has 1 aromatic carbocycles. The summed E-state index contributed by atoms with van der Waals surface area (Å²) < 4.78 is 5.33. The van der Waals surface area contributed by atoms with Crippen molar-refractivity contribution in [2.45, 2.75) is 25.4 Å². The molecule has 22 heavy (non-hydrogen) atoms. The summed E-state index contributed by atoms with van der Waals surface area (Å²) in [5.74, 6) is 1.97. The smallest absolute Gasteiger partial charge is 0.270 e. The van der Waals surface area contributed by atoms with E-state index in [1.54, 1.807) is 19.2 Å². The van der Waals surface area contributed by atoms with Crippen molar-refractivity contribution in [2.24, 2.45) is 17.6 Å². The Balaban J connectivity index is 0.00000176. The minimum Gasteiger partial charge on any atom is -0.496 e. The first-order valence-electron chi connectivity index (χ1n) is 7.37. The first kappa shape index (κ1) is 17.0. The Hall–Kier alpha value is -1.37. The molecule has 3 unspecified atom stereocenters. The van der Waals surface area contributed by atoms with E-state index in [4.69, 9.17) is 10.5 Å². The van der Waals surface area contributed by atoms with E-state index in [9.17, 15) is 10.1 Å². The van der Waals surface area contributed by atoms with Gasteiger partial charge in [-0.3, -0.25) is 15.0 Å². The molecule has 0 bridgehead atoms. The van der Waals surface area contributed by atoms with Gasteiger partial charge in [0.25, 0.3) is 5.69 Å². The summed E-state index contributed by atoms with van der Waals surface area (Å²) in [6.07, 6.45) is 2.33. The van der Waals surface area contributed by atoms with Gasteiger partial charge in [0.2, 0.25) is 0 Å². The lowest BCUT2D eigenvalue weighted by atomic mass is 9.98. The predicted octanol–water partition coefficient (Wildman–Crippen LogP) is 2.19. The molecular formula is C15H22ClN3O3. The lowest BCUT2D eigenvalue weighted by Crippen LogP contribution is -2.30. The van der Waals surface area contributed by atoms with Crippen LogP contribution >= 0.6 is 12.4 Å². The fourth-order valence-corrected chi connectivity index (χ4v) is 3.77. The summed E-state index contributed by atoms with van der Waals surface area (Å²) in [7, 11) is 1.60. The van der Waals surface area contributed by atoms with E-state index in [0.29, 0.717) is 30.2 Å². The topological polar surface area (TPSA) is 81.6 Å². The second-order valence-electron chi connectivity index (χ2n) is 6.11. The number of rotatable bonds is 4. The van der Waals surface area contributed by atoms with Crippen LogP contribution in [0.1, 0.15) is 18.4 Å². The van der Waals surface area contributed by atoms with Gasteiger partial charge in [0.1, 0.15) is 5.75 Å². The molecule has 0 spiro atoms. The number of nitrogens with two attached hydrogens (primary N) is 1. The number of nitro benzene ring substituents is 1. The summed E-state index contributed by atoms with van der Waals surface area (Å²) in [4.78, 5) is 12.9. The number of nitrogens with zero attached hydrogens (tertiary/aromatic N) is 2. The molecule has 2 fully saturated rings. The zero-order chi connectivity index (χ0) is 15.0. The molecule has 2 N–H and O–H groups in total. The number of hydrogen-bond acceptors (Lipinski definition) is 5. The molecule has 122 valence electrons. The van der Waals surface area contributed by atoms with Crippen molar-refractivity contribution in [2.75, 3.05) is 20.2 Å². The van der Waals surface area contributed by atoms with Crippen LogP contribution in [0.25, 0.3) is 0 Å². The average molecular weight is 328 g/mol. The summed E-state index contributed by atoms with van der Waals surface area (Å²) in [6, 6.07) is 5.09. The fraction of sp³-hybridized carbons (Fsp3) is 0.600. The number of likely N-dealkylation sites (tertiary alicyclic amines) is 1. The van der Waals surface area contributed by atoms with Gasteiger partial charge in [-0.15, -0.1) is 12.4 Å². The van der Waals surface area contributed by atoms with E-state index in [1.807, 2.05) is 0 Å². The van der Waals surface area contributed by atoms with Crippen molar-refractivity contribution < 1.29 is 9.66 Å². The van der Waals surface area contributed by atoms with Gasteiger partial charge in [-0.05, 0) is 30.7 Å². The van der Waals surface area contributed by atoms with E-state index in [2.05, 4.69) is 4.90 Å². The van der Waals surface area contributed by atoms with E-state index in [1.165, 1.54) is 12.5 Å². The number of halogens is 1. The molecule has 0 radical (unpaired) electrons. The number of nitro groups is 1. The van der Waals surface area contributed by atoms with Crippen molar-refractivity contribution in [3.05, 3.63) is 33.9 Å². The SMILES string of the molecule is COc1ccc([N+](=O)[O-])cc1CN1CC2CCC(N)C2C1.Cl. The van der Waals surface area contributed by atoms with Crippen LogP contribution in [-0.4, -0.2) is 36.1 Å². The van der Waals surface area contributed by atoms with Crippen LogP contribution in [0.3, 0.4) is 0 Å². The highest BCUT2D eigenvalue weighted by Crippen LogP contribution is 2.38. The highest BCUT2D eigenvalue weighted by Gasteiger charge is 2.40. The van der Waals surface area contributed by atoms with Gasteiger partial charge in [-0.1, -0.05) is 0 Å². The lowest BCUT2D eigenvalue weighted by Gasteiger charge is -2.19. The molecule has 3 atom stereocenters. The zero-order valence-electron chi connectivity index (χ0n) is 12.6. The van der Waals surface area contributed by atoms with Crippen LogP contribution in [-0.2, 0) is 6.54 Å². The van der Waals surface area contributed by atoms with Crippen molar-refractivity contribution in [1.29, 1.82) is 0 Å². The number of hydrogen-bond donors (Lipinski definition) is 1. The van der Waals surface area contributed by atoms with E-state index >= 15 is 0 Å². The third kappa shape index (κ3) is 3.19. The average Bonchev–Trinajstić information content (AvgIpc) is 3.01. The monoisotopic (exact) mass is 327 g/mol. The minimum atomic E-state index is -0.364. The Morgan fingerprint density at radius 2 is 2.18 bits per heavy atom. The molecule has 1 heterocycles. The van der Waals surface area contributed by atoms with E-state index in [0.717, 1.165) is 25.1 Å². The van der Waals surface area contributed by atoms with Crippen LogP contribution < -0.4 is 10.5 Å². The van der Waals surface area contributed by atoms with E-state index < -0.39 is 0 Å². The summed E-state index contributed by atoms with van der Waals surface area (Å²) in [5.41, 5.74) is 7.14. The predicted molar refractivity (Wildman–Crippen MR) is 86.4 cm³/mol. The molecule has 1 saturated heterocycles. The number of fused-ring (bicyclic) bond motifs is 1. The van der Waals surface area contributed by atoms with Gasteiger partial charge >= 0.3 is 0 Å². The van der Waals surface area contributed by atoms with Crippen molar-refractivity contribution >= 4 is 18.1 Å². The Labute approximate surface area is 136 Å². The maximum atomic E-state index is 10.9. The number of methoxy groups -OCH3 is 1. The normalized spacial score (nSPS) is 27.3. The molecule has 2 aliphatic rings. The number of ether oxygens (including phenoxy) is 1. The van der Waals surface area contributed by atoms with Crippen molar-refractivity contribution in [3.63, 3.8) is 0 Å². The highest BCUT2D eigenvalue weighted by molar-refractivity contribution is 5.85. The lowest BCUT2D eigenvalue weighted by molar-refractivity contribution is -0.384. The van der Waals surface area contributed by atoms with Gasteiger partial charge in [-0.2, -0.15) is 0 Å². The Bertz CT molecular complexity index is 555. The van der Waals surface area contributed by atoms with Crippen molar-refractivity contribution in [1.82, 2.24) is 4.90 Å². The molecule has 1 aliphatic carbocycles. The molecule has 7 heteroatoms. The Morgan fingerprint density at radius 3 is 2.82 bits per heavy atom. The van der Waals surface area contributed by atoms with Gasteiger partial charge in [-0.25, -0.2) is 0 Å². The first-order chi connectivity index (χ1) is 10.1. The zero-order valence-corrected chi connectivity index (χ0v) is 13.4. The second-order valence-corrected chi connectivity index (χ2v) is 6.11. The third-order valence-electron chi connectivity index (χ3n) is 4.86. The third-order valence-corrected chi connectivity index (χ3v) is 4.86. The maximum Gasteiger partial charge on any atom is 0.270 e. The maximum absolute atomic E-state index is 10.9. The van der Waals surface area contributed by atoms with Gasteiger partial charge in [0, 0.05) is 43.4 Å². The summed E-state index contributed by atoms with van der Waals surface area (Å²) in [5, 5.41) is 10.9. The van der Waals surface area contributed by atoms with E-state index in [-0.39, 0.29) is 23.0 Å². The van der Waals surface area contributed by atoms with Crippen LogP contribution in [0, 0.1) is 22.0 Å². The molecule has 3 rings (SSSR count). The number of non-ortho nitro benzene ring substituents is 1. The van der Waals surface area contributed by atoms with Gasteiger partial charge in [0.15, 0.2) is 0 Å². The Morgan fingerprint density at radius 1 is 1.41 bits per heavy atom. The molecule has 1 aromatic rings. The van der Waals surface area contributed by atoms with Crippen LogP contribution in [0.5, 0.6) is 5.75 Å². The van der Waals surface area contributed by atoms with Crippen molar-refractivity contribution in [3.8, 4) is 5.75 Å². The summed E-state index contributed by atoms with van der Waals surface area (Å²) in [6.45, 7) is 2.70. The summed E-state index contributed by atoms with van der Waals surface area (Å²) >= 11 is 0. The van der Waals surface area contributed by atoms with Crippen LogP contribution in [0.2, 0.25) is 0 Å². The Kier molecular flexibility index (Phi) is 5.26. The van der Waals surface area contributed by atoms with Gasteiger partial charge in [0.05, 0.1) is 12.0 Å². The molecular weight excluding hydrogens is 306 g/mol. The second kappa shape index (κ2) is 6.81. The molecule has 0 aromatic heterocycles. The minimum absolute atomic E-state index is 0. The fourth-order valence-electron chi connectivity index (χ4n) is 3.77. The first-order valence-corrected chi connectivity index (χ1v) is 7.37. The van der Waals surface area contributed by atoms with Gasteiger partial charge < -0.3 is 10.5 Å². The van der Waals surface area contributed by atoms with Crippen LogP contribution in [0.15, 0.2) is 18.2 Å². The largest absolute Gasteiger partial charge is 0.496 e. The molecule has 1 aliphatic heterocycles. The highest BCUT2D eigenvalue weighted by atomic mass is 35.5. The molecule has 0 amide bonds. The molecule has 1 saturated carbocycles. The quantitative estimate of drug-likeness (QED) is 0.677.